The minimum atomic E-state index is -4.47. The van der Waals surface area contributed by atoms with Gasteiger partial charge in [0.05, 0.1) is 21.4 Å². The fourth-order valence-electron chi connectivity index (χ4n) is 0.0664. The smallest absolute Gasteiger partial charge is 0.179 e. The topological polar surface area (TPSA) is 86.7 Å². The Morgan fingerprint density at radius 3 is 1.10 bits per heavy atom. The molecule has 0 heterocycles. The maximum atomic E-state index is 9.77. The molecule has 0 aliphatic rings. The normalized spacial score (nSPS) is 13.4. The third-order valence-electron chi connectivity index (χ3n) is 0.190. The first-order valence-corrected chi connectivity index (χ1v) is 5.94. The fraction of sp³-hybridized carbons (Fsp3) is 0. The Hall–Kier alpha value is 0.400. The monoisotopic (exact) mass is 230 g/mol. The van der Waals surface area contributed by atoms with Crippen LogP contribution in [0.25, 0.3) is 0 Å². The Balaban J connectivity index is 4.05. The number of halogens is 2. The highest BCUT2D eigenvalue weighted by atomic mass is 35.7. The van der Waals surface area contributed by atoms with Gasteiger partial charge in [-0.3, -0.25) is 0 Å². The SMILES string of the molecule is O=S(=O)(Cl)OOS(=O)(=O)Cl. The Morgan fingerprint density at radius 2 is 1.00 bits per heavy atom. The summed E-state index contributed by atoms with van der Waals surface area (Å²) in [7, 11) is -0.260. The van der Waals surface area contributed by atoms with E-state index in [1.807, 2.05) is 0 Å². The van der Waals surface area contributed by atoms with Crippen molar-refractivity contribution in [3.8, 4) is 0 Å². The number of hydrogen-bond donors (Lipinski definition) is 0. The van der Waals surface area contributed by atoms with E-state index >= 15 is 0 Å². The molecule has 0 aromatic rings. The summed E-state index contributed by atoms with van der Waals surface area (Å²) in [6.07, 6.45) is 0. The summed E-state index contributed by atoms with van der Waals surface area (Å²) in [5, 5.41) is 0. The quantitative estimate of drug-likeness (QED) is 0.383. The highest BCUT2D eigenvalue weighted by molar-refractivity contribution is 8.11. The summed E-state index contributed by atoms with van der Waals surface area (Å²) in [6, 6.07) is 0. The minimum absolute atomic E-state index is 3.11. The Morgan fingerprint density at radius 1 is 0.800 bits per heavy atom. The lowest BCUT2D eigenvalue weighted by atomic mass is 14.9. The van der Waals surface area contributed by atoms with Crippen LogP contribution in [0.15, 0.2) is 0 Å². The van der Waals surface area contributed by atoms with Crippen LogP contribution in [0.4, 0.5) is 0 Å². The van der Waals surface area contributed by atoms with Crippen molar-refractivity contribution < 1.29 is 25.5 Å². The van der Waals surface area contributed by atoms with Gasteiger partial charge in [-0.1, -0.05) is 8.67 Å². The van der Waals surface area contributed by atoms with Gasteiger partial charge in [0.1, 0.15) is 0 Å². The van der Waals surface area contributed by atoms with Crippen LogP contribution < -0.4 is 0 Å². The molecule has 0 amide bonds. The second-order valence-corrected chi connectivity index (χ2v) is 5.03. The molecule has 0 saturated heterocycles. The molecule has 0 atom stereocenters. The van der Waals surface area contributed by atoms with Crippen molar-refractivity contribution in [2.75, 3.05) is 0 Å². The molecule has 0 bridgehead atoms. The largest absolute Gasteiger partial charge is 0.383 e. The van der Waals surface area contributed by atoms with E-state index in [0.29, 0.717) is 0 Å². The Bertz CT molecular complexity index is 250. The first kappa shape index (κ1) is 10.4. The van der Waals surface area contributed by atoms with Gasteiger partial charge in [0, 0.05) is 0 Å². The number of rotatable bonds is 3. The molecular formula is Cl2O6S2. The Kier molecular flexibility index (Phi) is 3.33. The summed E-state index contributed by atoms with van der Waals surface area (Å²) in [5.41, 5.74) is 0. The average Bonchev–Trinajstić information content (AvgIpc) is 1.57. The predicted octanol–water partition coefficient (Wildman–Crippen LogP) is -0.0982. The van der Waals surface area contributed by atoms with Crippen molar-refractivity contribution in [1.29, 1.82) is 0 Å². The summed E-state index contributed by atoms with van der Waals surface area (Å²) >= 11 is 0. The number of hydrogen-bond acceptors (Lipinski definition) is 6. The van der Waals surface area contributed by atoms with Gasteiger partial charge in [0.15, 0.2) is 0 Å². The van der Waals surface area contributed by atoms with Crippen molar-refractivity contribution in [2.24, 2.45) is 0 Å². The van der Waals surface area contributed by atoms with Crippen molar-refractivity contribution in [1.82, 2.24) is 0 Å². The van der Waals surface area contributed by atoms with E-state index in [2.05, 4.69) is 30.0 Å². The highest BCUT2D eigenvalue weighted by Crippen LogP contribution is 2.05. The minimum Gasteiger partial charge on any atom is -0.179 e. The average molecular weight is 231 g/mol. The molecule has 0 aliphatic carbocycles. The van der Waals surface area contributed by atoms with Crippen LogP contribution in [0, 0.1) is 0 Å². The maximum Gasteiger partial charge on any atom is 0.383 e. The molecule has 0 saturated carbocycles. The van der Waals surface area contributed by atoms with Crippen LogP contribution in [-0.2, 0) is 27.3 Å². The fourth-order valence-corrected chi connectivity index (χ4v) is 0.975. The van der Waals surface area contributed by atoms with Gasteiger partial charge in [-0.15, -0.1) is 0 Å². The molecule has 0 rings (SSSR count). The first-order chi connectivity index (χ1) is 4.21. The van der Waals surface area contributed by atoms with Crippen LogP contribution in [-0.4, -0.2) is 16.8 Å². The van der Waals surface area contributed by atoms with E-state index < -0.39 is 18.7 Å². The van der Waals surface area contributed by atoms with Crippen LogP contribution in [0.1, 0.15) is 0 Å². The van der Waals surface area contributed by atoms with Crippen LogP contribution >= 0.6 is 21.4 Å². The lowest BCUT2D eigenvalue weighted by Gasteiger charge is -1.91. The second-order valence-electron chi connectivity index (χ2n) is 0.922. The van der Waals surface area contributed by atoms with Crippen LogP contribution in [0.2, 0.25) is 0 Å². The van der Waals surface area contributed by atoms with Gasteiger partial charge in [0.25, 0.3) is 0 Å². The van der Waals surface area contributed by atoms with Crippen LogP contribution in [0.3, 0.4) is 0 Å². The zero-order chi connectivity index (χ0) is 8.41. The van der Waals surface area contributed by atoms with E-state index in [4.69, 9.17) is 0 Å². The summed E-state index contributed by atoms with van der Waals surface area (Å²) in [4.78, 5) is 0. The molecule has 0 aliphatic heterocycles. The van der Waals surface area contributed by atoms with Crippen molar-refractivity contribution in [3.63, 3.8) is 0 Å². The van der Waals surface area contributed by atoms with Crippen molar-refractivity contribution >= 4 is 40.0 Å². The molecule has 0 radical (unpaired) electrons. The predicted molar refractivity (Wildman–Crippen MR) is 31.7 cm³/mol. The molecular weight excluding hydrogens is 231 g/mol. The van der Waals surface area contributed by atoms with Gasteiger partial charge < -0.3 is 0 Å². The van der Waals surface area contributed by atoms with E-state index in [1.54, 1.807) is 0 Å². The standard InChI is InChI=1S/Cl2O6S2/c1-9(3,4)7-8-10(2,5)6. The molecule has 6 nitrogen and oxygen atoms in total. The molecule has 0 N–H and O–H groups in total. The van der Waals surface area contributed by atoms with Crippen LogP contribution in [0.5, 0.6) is 0 Å². The third kappa shape index (κ3) is 8.40. The molecule has 10 heteroatoms. The van der Waals surface area contributed by atoms with Gasteiger partial charge in [-0.2, -0.15) is 16.8 Å². The highest BCUT2D eigenvalue weighted by Gasteiger charge is 2.13. The summed E-state index contributed by atoms with van der Waals surface area (Å²) in [5.74, 6) is 0. The van der Waals surface area contributed by atoms with E-state index in [9.17, 15) is 16.8 Å². The summed E-state index contributed by atoms with van der Waals surface area (Å²) < 4.78 is 45.3. The second kappa shape index (κ2) is 3.20. The zero-order valence-electron chi connectivity index (χ0n) is 4.02. The maximum absolute atomic E-state index is 9.77. The van der Waals surface area contributed by atoms with E-state index in [-0.39, 0.29) is 0 Å². The molecule has 0 aromatic carbocycles. The van der Waals surface area contributed by atoms with Gasteiger partial charge in [-0.25, -0.2) is 0 Å². The molecule has 0 unspecified atom stereocenters. The lowest BCUT2D eigenvalue weighted by Crippen LogP contribution is -2.02. The molecule has 62 valence electrons. The first-order valence-electron chi connectivity index (χ1n) is 1.48. The molecule has 0 aromatic heterocycles. The molecule has 10 heavy (non-hydrogen) atoms. The van der Waals surface area contributed by atoms with Crippen molar-refractivity contribution in [2.45, 2.75) is 0 Å². The molecule has 0 spiro atoms. The van der Waals surface area contributed by atoms with Gasteiger partial charge in [-0.05, 0) is 0 Å². The van der Waals surface area contributed by atoms with Gasteiger partial charge in [0.2, 0.25) is 0 Å². The molecule has 0 fully saturated rings. The van der Waals surface area contributed by atoms with Gasteiger partial charge >= 0.3 is 18.7 Å². The Labute approximate surface area is 65.8 Å². The van der Waals surface area contributed by atoms with Crippen molar-refractivity contribution in [3.05, 3.63) is 0 Å². The lowest BCUT2D eigenvalue weighted by molar-refractivity contribution is -0.0784. The summed E-state index contributed by atoms with van der Waals surface area (Å²) in [6.45, 7) is 0. The third-order valence-corrected chi connectivity index (χ3v) is 1.05. The van der Waals surface area contributed by atoms with E-state index in [0.717, 1.165) is 0 Å². The zero-order valence-corrected chi connectivity index (χ0v) is 7.17. The van der Waals surface area contributed by atoms with E-state index in [1.165, 1.54) is 0 Å².